The zero-order valence-electron chi connectivity index (χ0n) is 10.6. The summed E-state index contributed by atoms with van der Waals surface area (Å²) < 4.78 is 6.39. The Morgan fingerprint density at radius 3 is 2.29 bits per heavy atom. The molecule has 0 heterocycles. The number of thioether (sulfide) groups is 1. The maximum atomic E-state index is 5.67. The second-order valence-electron chi connectivity index (χ2n) is 6.32. The smallest absolute Gasteiger partial charge is 0.219 e. The van der Waals surface area contributed by atoms with Crippen molar-refractivity contribution in [2.24, 2.45) is 23.2 Å². The number of hydrogen-bond acceptors (Lipinski definition) is 3. The van der Waals surface area contributed by atoms with E-state index in [-0.39, 0.29) is 0 Å². The molecule has 0 aromatic rings. The molecular weight excluding hydrogens is 248 g/mol. The molecule has 0 aromatic carbocycles. The molecule has 0 spiro atoms. The van der Waals surface area contributed by atoms with Crippen LogP contribution in [0.1, 0.15) is 44.9 Å². The summed E-state index contributed by atoms with van der Waals surface area (Å²) in [4.78, 5) is 0. The Hall–Kier alpha value is 0.240. The minimum atomic E-state index is 0.677. The highest BCUT2D eigenvalue weighted by Gasteiger charge is 2.57. The Labute approximate surface area is 114 Å². The van der Waals surface area contributed by atoms with Crippen molar-refractivity contribution in [2.75, 3.05) is 12.9 Å². The quantitative estimate of drug-likeness (QED) is 0.668. The summed E-state index contributed by atoms with van der Waals surface area (Å²) in [5.41, 5.74) is 0.677. The van der Waals surface area contributed by atoms with Crippen LogP contribution in [0.15, 0.2) is 0 Å². The van der Waals surface area contributed by atoms with E-state index in [0.29, 0.717) is 5.41 Å². The lowest BCUT2D eigenvalue weighted by atomic mass is 9.90. The monoisotopic (exact) mass is 270 g/mol. The second kappa shape index (κ2) is 4.73. The Balaban J connectivity index is 1.49. The minimum absolute atomic E-state index is 0.677. The summed E-state index contributed by atoms with van der Waals surface area (Å²) in [6.07, 6.45) is 12.3. The van der Waals surface area contributed by atoms with Crippen LogP contribution in [0.2, 0.25) is 0 Å². The first-order chi connectivity index (χ1) is 8.22. The Bertz CT molecular complexity index is 293. The van der Waals surface area contributed by atoms with Gasteiger partial charge in [0.2, 0.25) is 4.38 Å². The first kappa shape index (κ1) is 12.3. The van der Waals surface area contributed by atoms with Crippen LogP contribution < -0.4 is 0 Å². The van der Waals surface area contributed by atoms with Gasteiger partial charge in [0.25, 0.3) is 0 Å². The third-order valence-corrected chi connectivity index (χ3v) is 5.78. The molecule has 3 rings (SSSR count). The van der Waals surface area contributed by atoms with Gasteiger partial charge in [0.05, 0.1) is 6.61 Å². The molecule has 3 heteroatoms. The van der Waals surface area contributed by atoms with Crippen molar-refractivity contribution >= 4 is 28.4 Å². The van der Waals surface area contributed by atoms with E-state index in [1.807, 2.05) is 6.26 Å². The zero-order valence-corrected chi connectivity index (χ0v) is 12.2. The number of hydrogen-bond donors (Lipinski definition) is 0. The average Bonchev–Trinajstić information content (AvgIpc) is 3.14. The summed E-state index contributed by atoms with van der Waals surface area (Å²) in [7, 11) is 0. The molecule has 0 amide bonds. The van der Waals surface area contributed by atoms with Gasteiger partial charge in [-0.3, -0.25) is 0 Å². The standard InChI is InChI=1S/C14H22OS2/c1-17-13(16)15-9-12-8-14(12,6-10-2-3-10)7-11-4-5-11/h10-12H,2-9H2,1H3. The average molecular weight is 270 g/mol. The van der Waals surface area contributed by atoms with Crippen LogP contribution in [0, 0.1) is 23.2 Å². The molecule has 0 saturated heterocycles. The van der Waals surface area contributed by atoms with E-state index in [1.165, 1.54) is 44.9 Å². The van der Waals surface area contributed by atoms with Gasteiger partial charge < -0.3 is 4.74 Å². The molecule has 3 aliphatic rings. The van der Waals surface area contributed by atoms with E-state index in [9.17, 15) is 0 Å². The van der Waals surface area contributed by atoms with E-state index in [0.717, 1.165) is 28.7 Å². The summed E-state index contributed by atoms with van der Waals surface area (Å²) >= 11 is 6.67. The molecule has 17 heavy (non-hydrogen) atoms. The van der Waals surface area contributed by atoms with Crippen molar-refractivity contribution in [3.63, 3.8) is 0 Å². The second-order valence-corrected chi connectivity index (χ2v) is 7.73. The molecular formula is C14H22OS2. The topological polar surface area (TPSA) is 9.23 Å². The van der Waals surface area contributed by atoms with Crippen LogP contribution in [-0.2, 0) is 4.74 Å². The number of rotatable bonds is 6. The van der Waals surface area contributed by atoms with Crippen molar-refractivity contribution < 1.29 is 4.74 Å². The number of ether oxygens (including phenoxy) is 1. The summed E-state index contributed by atoms with van der Waals surface area (Å²) in [5.74, 6) is 2.94. The van der Waals surface area contributed by atoms with Crippen LogP contribution >= 0.6 is 24.0 Å². The van der Waals surface area contributed by atoms with Gasteiger partial charge in [0.1, 0.15) is 0 Å². The van der Waals surface area contributed by atoms with E-state index in [4.69, 9.17) is 17.0 Å². The van der Waals surface area contributed by atoms with Crippen LogP contribution in [0.25, 0.3) is 0 Å². The predicted molar refractivity (Wildman–Crippen MR) is 77.3 cm³/mol. The van der Waals surface area contributed by atoms with Gasteiger partial charge in [-0.15, -0.1) is 0 Å². The van der Waals surface area contributed by atoms with Crippen molar-refractivity contribution in [1.82, 2.24) is 0 Å². The molecule has 1 atom stereocenters. The first-order valence-corrected chi connectivity index (χ1v) is 8.56. The maximum absolute atomic E-state index is 5.67. The van der Waals surface area contributed by atoms with Crippen LogP contribution in [0.3, 0.4) is 0 Å². The normalized spacial score (nSPS) is 30.1. The fourth-order valence-electron chi connectivity index (χ4n) is 3.27. The van der Waals surface area contributed by atoms with Gasteiger partial charge in [-0.1, -0.05) is 37.4 Å². The lowest BCUT2D eigenvalue weighted by molar-refractivity contribution is 0.249. The summed E-state index contributed by atoms with van der Waals surface area (Å²) in [5, 5.41) is 0. The van der Waals surface area contributed by atoms with Crippen molar-refractivity contribution in [3.8, 4) is 0 Å². The third-order valence-electron chi connectivity index (χ3n) is 4.71. The molecule has 0 bridgehead atoms. The molecule has 1 unspecified atom stereocenters. The summed E-state index contributed by atoms with van der Waals surface area (Å²) in [6, 6.07) is 0. The van der Waals surface area contributed by atoms with Gasteiger partial charge in [-0.05, 0) is 60.9 Å². The van der Waals surface area contributed by atoms with Gasteiger partial charge in [0, 0.05) is 0 Å². The molecule has 0 aliphatic heterocycles. The van der Waals surface area contributed by atoms with Gasteiger partial charge in [-0.2, -0.15) is 0 Å². The molecule has 1 nitrogen and oxygen atoms in total. The molecule has 0 N–H and O–H groups in total. The highest BCUT2D eigenvalue weighted by atomic mass is 32.2. The van der Waals surface area contributed by atoms with E-state index >= 15 is 0 Å². The maximum Gasteiger partial charge on any atom is 0.219 e. The molecule has 3 saturated carbocycles. The Morgan fingerprint density at radius 1 is 1.24 bits per heavy atom. The van der Waals surface area contributed by atoms with Crippen molar-refractivity contribution in [2.45, 2.75) is 44.9 Å². The van der Waals surface area contributed by atoms with E-state index < -0.39 is 0 Å². The van der Waals surface area contributed by atoms with E-state index in [1.54, 1.807) is 11.8 Å². The van der Waals surface area contributed by atoms with Gasteiger partial charge in [-0.25, -0.2) is 0 Å². The number of thiocarbonyl (C=S) groups is 1. The predicted octanol–water partition coefficient (Wildman–Crippen LogP) is 4.26. The first-order valence-electron chi connectivity index (χ1n) is 6.92. The fourth-order valence-corrected chi connectivity index (χ4v) is 3.53. The van der Waals surface area contributed by atoms with Gasteiger partial charge >= 0.3 is 0 Å². The Morgan fingerprint density at radius 2 is 1.82 bits per heavy atom. The van der Waals surface area contributed by atoms with Gasteiger partial charge in [0.15, 0.2) is 0 Å². The Kier molecular flexibility index (Phi) is 3.42. The third kappa shape index (κ3) is 3.17. The van der Waals surface area contributed by atoms with Crippen LogP contribution in [0.5, 0.6) is 0 Å². The molecule has 3 fully saturated rings. The summed E-state index contributed by atoms with van der Waals surface area (Å²) in [6.45, 7) is 0.888. The SMILES string of the molecule is CSC(=S)OCC1CC1(CC1CC1)CC1CC1. The van der Waals surface area contributed by atoms with Crippen molar-refractivity contribution in [3.05, 3.63) is 0 Å². The lowest BCUT2D eigenvalue weighted by Crippen LogP contribution is -2.11. The highest BCUT2D eigenvalue weighted by molar-refractivity contribution is 8.22. The van der Waals surface area contributed by atoms with Crippen molar-refractivity contribution in [1.29, 1.82) is 0 Å². The fraction of sp³-hybridized carbons (Fsp3) is 0.929. The van der Waals surface area contributed by atoms with E-state index in [2.05, 4.69) is 0 Å². The molecule has 3 aliphatic carbocycles. The highest BCUT2D eigenvalue weighted by Crippen LogP contribution is 2.65. The lowest BCUT2D eigenvalue weighted by Gasteiger charge is -2.17. The zero-order chi connectivity index (χ0) is 11.9. The minimum Gasteiger partial charge on any atom is -0.478 e. The largest absolute Gasteiger partial charge is 0.478 e. The molecule has 0 aromatic heterocycles. The van der Waals surface area contributed by atoms with Crippen LogP contribution in [0.4, 0.5) is 0 Å². The van der Waals surface area contributed by atoms with Crippen LogP contribution in [-0.4, -0.2) is 17.2 Å². The molecule has 0 radical (unpaired) electrons. The molecule has 96 valence electrons.